The third kappa shape index (κ3) is 3.95. The third-order valence-corrected chi connectivity index (χ3v) is 4.16. The number of aliphatic hydroxyl groups is 1. The fourth-order valence-electron chi connectivity index (χ4n) is 2.32. The Morgan fingerprint density at radius 1 is 1.42 bits per heavy atom. The van der Waals surface area contributed by atoms with E-state index in [-0.39, 0.29) is 17.7 Å². The van der Waals surface area contributed by atoms with E-state index in [2.05, 4.69) is 12.2 Å². The normalized spacial score (nSPS) is 18.5. The summed E-state index contributed by atoms with van der Waals surface area (Å²) in [6, 6.07) is 6.92. The van der Waals surface area contributed by atoms with Crippen LogP contribution in [0, 0.1) is 5.41 Å². The average molecular weight is 282 g/mol. The first-order valence-corrected chi connectivity index (χ1v) is 7.07. The van der Waals surface area contributed by atoms with E-state index in [0.717, 1.165) is 5.56 Å². The second kappa shape index (κ2) is 5.93. The van der Waals surface area contributed by atoms with Crippen molar-refractivity contribution in [2.45, 2.75) is 38.7 Å². The first-order chi connectivity index (χ1) is 8.98. The number of hydrogen-bond acceptors (Lipinski definition) is 2. The van der Waals surface area contributed by atoms with Crippen LogP contribution in [0.1, 0.15) is 44.3 Å². The highest BCUT2D eigenvalue weighted by Crippen LogP contribution is 2.39. The molecule has 4 heteroatoms. The molecule has 2 rings (SSSR count). The fraction of sp³-hybridized carbons (Fsp3) is 0.533. The molecular formula is C15H20ClNO2. The van der Waals surface area contributed by atoms with E-state index in [1.165, 1.54) is 19.3 Å². The van der Waals surface area contributed by atoms with Crippen LogP contribution in [-0.4, -0.2) is 17.6 Å². The Kier molecular flexibility index (Phi) is 4.48. The Bertz CT molecular complexity index is 440. The zero-order chi connectivity index (χ0) is 13.9. The molecule has 0 heterocycles. The van der Waals surface area contributed by atoms with E-state index in [4.69, 9.17) is 11.6 Å². The van der Waals surface area contributed by atoms with Gasteiger partial charge in [-0.3, -0.25) is 4.79 Å². The summed E-state index contributed by atoms with van der Waals surface area (Å²) in [4.78, 5) is 11.8. The summed E-state index contributed by atoms with van der Waals surface area (Å²) in [5.74, 6) is -0.101. The minimum Gasteiger partial charge on any atom is -0.388 e. The largest absolute Gasteiger partial charge is 0.388 e. The number of hydrogen-bond donors (Lipinski definition) is 2. The van der Waals surface area contributed by atoms with Gasteiger partial charge in [-0.15, -0.1) is 0 Å². The van der Waals surface area contributed by atoms with Gasteiger partial charge in [0.2, 0.25) is 5.91 Å². The molecule has 1 atom stereocenters. The van der Waals surface area contributed by atoms with Gasteiger partial charge in [0.25, 0.3) is 0 Å². The Labute approximate surface area is 119 Å². The van der Waals surface area contributed by atoms with E-state index in [0.29, 0.717) is 11.6 Å². The molecule has 0 saturated heterocycles. The topological polar surface area (TPSA) is 49.3 Å². The lowest BCUT2D eigenvalue weighted by Gasteiger charge is -2.38. The summed E-state index contributed by atoms with van der Waals surface area (Å²) in [7, 11) is 0. The van der Waals surface area contributed by atoms with Gasteiger partial charge in [0.05, 0.1) is 12.5 Å². The molecule has 3 nitrogen and oxygen atoms in total. The fourth-order valence-corrected chi connectivity index (χ4v) is 2.45. The molecular weight excluding hydrogens is 262 g/mol. The van der Waals surface area contributed by atoms with Gasteiger partial charge in [-0.1, -0.05) is 37.1 Å². The van der Waals surface area contributed by atoms with Crippen LogP contribution in [0.25, 0.3) is 0 Å². The van der Waals surface area contributed by atoms with Crippen molar-refractivity contribution in [3.63, 3.8) is 0 Å². The second-order valence-corrected chi connectivity index (χ2v) is 6.15. The molecule has 1 unspecified atom stereocenters. The number of nitrogens with one attached hydrogen (secondary N) is 1. The van der Waals surface area contributed by atoms with E-state index in [9.17, 15) is 9.90 Å². The summed E-state index contributed by atoms with van der Waals surface area (Å²) in [5, 5.41) is 13.5. The standard InChI is InChI=1S/C15H20ClNO2/c1-15(7-2-8-15)10-17-14(19)9-13(18)11-3-5-12(16)6-4-11/h3-6,13,18H,2,7-10H2,1H3,(H,17,19). The molecule has 19 heavy (non-hydrogen) atoms. The highest BCUT2D eigenvalue weighted by molar-refractivity contribution is 6.30. The van der Waals surface area contributed by atoms with Crippen molar-refractivity contribution in [2.75, 3.05) is 6.54 Å². The number of rotatable bonds is 5. The minimum atomic E-state index is -0.772. The number of amides is 1. The highest BCUT2D eigenvalue weighted by atomic mass is 35.5. The van der Waals surface area contributed by atoms with Gasteiger partial charge in [-0.2, -0.15) is 0 Å². The number of carbonyl (C=O) groups excluding carboxylic acids is 1. The molecule has 0 radical (unpaired) electrons. The maximum Gasteiger partial charge on any atom is 0.222 e. The molecule has 0 aliphatic heterocycles. The van der Waals surface area contributed by atoms with E-state index >= 15 is 0 Å². The van der Waals surface area contributed by atoms with Gasteiger partial charge >= 0.3 is 0 Å². The van der Waals surface area contributed by atoms with Gasteiger partial charge in [0.1, 0.15) is 0 Å². The lowest BCUT2D eigenvalue weighted by atomic mass is 9.70. The second-order valence-electron chi connectivity index (χ2n) is 5.71. The van der Waals surface area contributed by atoms with Gasteiger partial charge < -0.3 is 10.4 Å². The number of carbonyl (C=O) groups is 1. The molecule has 1 aromatic rings. The zero-order valence-corrected chi connectivity index (χ0v) is 11.9. The van der Waals surface area contributed by atoms with Gasteiger partial charge in [0.15, 0.2) is 0 Å². The number of halogens is 1. The van der Waals surface area contributed by atoms with Crippen molar-refractivity contribution in [1.29, 1.82) is 0 Å². The Balaban J connectivity index is 1.79. The van der Waals surface area contributed by atoms with Crippen LogP contribution in [0.15, 0.2) is 24.3 Å². The SMILES string of the molecule is CC1(CNC(=O)CC(O)c2ccc(Cl)cc2)CCC1. The van der Waals surface area contributed by atoms with Crippen LogP contribution in [0.2, 0.25) is 5.02 Å². The van der Waals surface area contributed by atoms with Crippen LogP contribution < -0.4 is 5.32 Å². The van der Waals surface area contributed by atoms with Crippen molar-refractivity contribution in [3.8, 4) is 0 Å². The summed E-state index contributed by atoms with van der Waals surface area (Å²) >= 11 is 5.78. The third-order valence-electron chi connectivity index (χ3n) is 3.91. The highest BCUT2D eigenvalue weighted by Gasteiger charge is 2.31. The summed E-state index contributed by atoms with van der Waals surface area (Å²) < 4.78 is 0. The smallest absolute Gasteiger partial charge is 0.222 e. The molecule has 2 N–H and O–H groups in total. The van der Waals surface area contributed by atoms with Crippen molar-refractivity contribution in [2.24, 2.45) is 5.41 Å². The molecule has 0 spiro atoms. The Hall–Kier alpha value is -1.06. The lowest BCUT2D eigenvalue weighted by Crippen LogP contribution is -2.40. The van der Waals surface area contributed by atoms with E-state index in [1.54, 1.807) is 24.3 Å². The predicted molar refractivity (Wildman–Crippen MR) is 76.0 cm³/mol. The first-order valence-electron chi connectivity index (χ1n) is 6.69. The van der Waals surface area contributed by atoms with Crippen molar-refractivity contribution < 1.29 is 9.90 Å². The molecule has 1 fully saturated rings. The minimum absolute atomic E-state index is 0.0950. The van der Waals surface area contributed by atoms with Crippen molar-refractivity contribution in [3.05, 3.63) is 34.9 Å². The average Bonchev–Trinajstić information content (AvgIpc) is 2.35. The summed E-state index contributed by atoms with van der Waals surface area (Å²) in [6.07, 6.45) is 2.92. The molecule has 1 aliphatic rings. The Morgan fingerprint density at radius 2 is 2.05 bits per heavy atom. The molecule has 0 aromatic heterocycles. The lowest BCUT2D eigenvalue weighted by molar-refractivity contribution is -0.123. The van der Waals surface area contributed by atoms with E-state index < -0.39 is 6.10 Å². The maximum absolute atomic E-state index is 11.8. The van der Waals surface area contributed by atoms with Gasteiger partial charge in [-0.25, -0.2) is 0 Å². The van der Waals surface area contributed by atoms with Crippen LogP contribution >= 0.6 is 11.6 Å². The molecule has 1 aromatic carbocycles. The monoisotopic (exact) mass is 281 g/mol. The zero-order valence-electron chi connectivity index (χ0n) is 11.2. The van der Waals surface area contributed by atoms with Crippen LogP contribution in [0.5, 0.6) is 0 Å². The van der Waals surface area contributed by atoms with Crippen LogP contribution in [0.4, 0.5) is 0 Å². The molecule has 0 bridgehead atoms. The Morgan fingerprint density at radius 3 is 2.58 bits per heavy atom. The van der Waals surface area contributed by atoms with Crippen LogP contribution in [0.3, 0.4) is 0 Å². The van der Waals surface area contributed by atoms with Crippen molar-refractivity contribution in [1.82, 2.24) is 5.32 Å². The molecule has 1 aliphatic carbocycles. The number of aliphatic hydroxyl groups excluding tert-OH is 1. The van der Waals surface area contributed by atoms with Crippen molar-refractivity contribution >= 4 is 17.5 Å². The maximum atomic E-state index is 11.8. The molecule has 104 valence electrons. The van der Waals surface area contributed by atoms with E-state index in [1.807, 2.05) is 0 Å². The quantitative estimate of drug-likeness (QED) is 0.871. The summed E-state index contributed by atoms with van der Waals surface area (Å²) in [5.41, 5.74) is 0.982. The molecule has 1 amide bonds. The molecule has 1 saturated carbocycles. The predicted octanol–water partition coefficient (Wildman–Crippen LogP) is 3.07. The first kappa shape index (κ1) is 14.4. The number of benzene rings is 1. The van der Waals surface area contributed by atoms with Crippen LogP contribution in [-0.2, 0) is 4.79 Å². The summed E-state index contributed by atoms with van der Waals surface area (Å²) in [6.45, 7) is 2.89. The van der Waals surface area contributed by atoms with Gasteiger partial charge in [0, 0.05) is 11.6 Å². The van der Waals surface area contributed by atoms with Gasteiger partial charge in [-0.05, 0) is 36.0 Å².